The molecule has 0 aliphatic carbocycles. The number of nitrogens with one attached hydrogen (secondary N) is 1. The molecule has 0 aromatic heterocycles. The van der Waals surface area contributed by atoms with E-state index in [1.54, 1.807) is 0 Å². The van der Waals surface area contributed by atoms with Gasteiger partial charge in [-0.25, -0.2) is 0 Å². The van der Waals surface area contributed by atoms with Crippen molar-refractivity contribution in [3.05, 3.63) is 0 Å². The smallest absolute Gasteiger partial charge is 0.234 e. The predicted molar refractivity (Wildman–Crippen MR) is 92.3 cm³/mol. The molecule has 0 fully saturated rings. The van der Waals surface area contributed by atoms with E-state index in [-0.39, 0.29) is 13.4 Å². The highest BCUT2D eigenvalue weighted by Crippen LogP contribution is 1.92. The Balaban J connectivity index is 0. The standard InChI is InChI=1S/C16H35N3O3.H2/c1-14(2)19(6)13-16(20)17-7-8-18(5)9-10-21-11-12-22-15(3)4;/h14-15H,7-13H2,1-6H3,(H,17,20);1H. The lowest BCUT2D eigenvalue weighted by atomic mass is 10.3. The third-order valence-electron chi connectivity index (χ3n) is 3.39. The van der Waals surface area contributed by atoms with Crippen LogP contribution in [0.3, 0.4) is 0 Å². The van der Waals surface area contributed by atoms with Crippen LogP contribution in [0.2, 0.25) is 0 Å². The molecule has 0 rings (SSSR count). The maximum Gasteiger partial charge on any atom is 0.234 e. The van der Waals surface area contributed by atoms with Crippen molar-refractivity contribution in [3.8, 4) is 0 Å². The lowest BCUT2D eigenvalue weighted by Crippen LogP contribution is -2.41. The summed E-state index contributed by atoms with van der Waals surface area (Å²) in [6, 6.07) is 0.380. The fraction of sp³-hybridized carbons (Fsp3) is 0.938. The molecule has 6 heteroatoms. The number of ether oxygens (including phenoxy) is 2. The predicted octanol–water partition coefficient (Wildman–Crippen LogP) is 1.06. The van der Waals surface area contributed by atoms with Crippen molar-refractivity contribution in [1.29, 1.82) is 0 Å². The average molecular weight is 319 g/mol. The van der Waals surface area contributed by atoms with Gasteiger partial charge in [0.15, 0.2) is 0 Å². The first-order chi connectivity index (χ1) is 10.3. The van der Waals surface area contributed by atoms with Gasteiger partial charge in [0.25, 0.3) is 0 Å². The lowest BCUT2D eigenvalue weighted by molar-refractivity contribution is -0.122. The summed E-state index contributed by atoms with van der Waals surface area (Å²) in [6.07, 6.45) is 0.254. The Hall–Kier alpha value is -0.690. The van der Waals surface area contributed by atoms with E-state index >= 15 is 0 Å². The number of nitrogens with zero attached hydrogens (tertiary/aromatic N) is 2. The van der Waals surface area contributed by atoms with Crippen LogP contribution in [0.4, 0.5) is 0 Å². The minimum atomic E-state index is 0. The van der Waals surface area contributed by atoms with Crippen LogP contribution in [0, 0.1) is 0 Å². The van der Waals surface area contributed by atoms with Crippen LogP contribution in [0.25, 0.3) is 0 Å². The molecule has 0 spiro atoms. The first-order valence-corrected chi connectivity index (χ1v) is 8.17. The van der Waals surface area contributed by atoms with E-state index in [0.717, 1.165) is 13.1 Å². The van der Waals surface area contributed by atoms with Gasteiger partial charge in [-0.15, -0.1) is 0 Å². The van der Waals surface area contributed by atoms with Crippen LogP contribution in [0.1, 0.15) is 29.1 Å². The minimum Gasteiger partial charge on any atom is -0.378 e. The van der Waals surface area contributed by atoms with Gasteiger partial charge < -0.3 is 19.7 Å². The Labute approximate surface area is 137 Å². The van der Waals surface area contributed by atoms with Gasteiger partial charge in [-0.05, 0) is 41.8 Å². The molecule has 0 unspecified atom stereocenters. The lowest BCUT2D eigenvalue weighted by Gasteiger charge is -2.21. The fourth-order valence-corrected chi connectivity index (χ4v) is 1.63. The maximum absolute atomic E-state index is 11.7. The second-order valence-corrected chi connectivity index (χ2v) is 6.19. The summed E-state index contributed by atoms with van der Waals surface area (Å²) in [6.45, 7) is 12.9. The quantitative estimate of drug-likeness (QED) is 0.515. The van der Waals surface area contributed by atoms with Gasteiger partial charge in [-0.2, -0.15) is 0 Å². The second kappa shape index (κ2) is 12.8. The van der Waals surface area contributed by atoms with Crippen molar-refractivity contribution < 1.29 is 15.7 Å². The normalized spacial score (nSPS) is 11.9. The highest BCUT2D eigenvalue weighted by molar-refractivity contribution is 5.77. The first-order valence-electron chi connectivity index (χ1n) is 8.17. The van der Waals surface area contributed by atoms with Gasteiger partial charge in [-0.3, -0.25) is 9.69 Å². The van der Waals surface area contributed by atoms with Crippen molar-refractivity contribution in [2.24, 2.45) is 0 Å². The van der Waals surface area contributed by atoms with E-state index < -0.39 is 0 Å². The van der Waals surface area contributed by atoms with Crippen molar-refractivity contribution in [2.75, 3.05) is 60.1 Å². The van der Waals surface area contributed by atoms with Crippen LogP contribution >= 0.6 is 0 Å². The summed E-state index contributed by atoms with van der Waals surface area (Å²) < 4.78 is 10.9. The molecule has 0 aromatic rings. The molecule has 22 heavy (non-hydrogen) atoms. The Bertz CT molecular complexity index is 292. The molecule has 1 N–H and O–H groups in total. The summed E-state index contributed by atoms with van der Waals surface area (Å²) in [7, 11) is 3.98. The summed E-state index contributed by atoms with van der Waals surface area (Å²) >= 11 is 0. The monoisotopic (exact) mass is 319 g/mol. The number of hydrogen-bond acceptors (Lipinski definition) is 5. The average Bonchev–Trinajstić information content (AvgIpc) is 2.42. The topological polar surface area (TPSA) is 54.0 Å². The Morgan fingerprint density at radius 3 is 2.36 bits per heavy atom. The summed E-state index contributed by atoms with van der Waals surface area (Å²) in [5.74, 6) is 0.0756. The van der Waals surface area contributed by atoms with Gasteiger partial charge in [0.05, 0.1) is 32.5 Å². The van der Waals surface area contributed by atoms with E-state index in [4.69, 9.17) is 9.47 Å². The molecule has 0 aliphatic rings. The molecular formula is C16H37N3O3. The highest BCUT2D eigenvalue weighted by atomic mass is 16.5. The van der Waals surface area contributed by atoms with Crippen LogP contribution in [-0.4, -0.2) is 87.9 Å². The molecule has 1 amide bonds. The van der Waals surface area contributed by atoms with E-state index in [9.17, 15) is 4.79 Å². The highest BCUT2D eigenvalue weighted by Gasteiger charge is 2.08. The van der Waals surface area contributed by atoms with Gasteiger partial charge in [0, 0.05) is 27.1 Å². The van der Waals surface area contributed by atoms with Crippen LogP contribution in [0.15, 0.2) is 0 Å². The van der Waals surface area contributed by atoms with Gasteiger partial charge >= 0.3 is 0 Å². The molecule has 0 aromatic carbocycles. The van der Waals surface area contributed by atoms with Gasteiger partial charge in [-0.1, -0.05) is 0 Å². The largest absolute Gasteiger partial charge is 0.378 e. The Morgan fingerprint density at radius 1 is 1.09 bits per heavy atom. The van der Waals surface area contributed by atoms with Gasteiger partial charge in [0.2, 0.25) is 5.91 Å². The third kappa shape index (κ3) is 13.0. The fourth-order valence-electron chi connectivity index (χ4n) is 1.63. The Morgan fingerprint density at radius 2 is 1.77 bits per heavy atom. The molecular weight excluding hydrogens is 282 g/mol. The van der Waals surface area contributed by atoms with Gasteiger partial charge in [0.1, 0.15) is 0 Å². The molecule has 0 aliphatic heterocycles. The van der Waals surface area contributed by atoms with Crippen LogP contribution in [-0.2, 0) is 14.3 Å². The second-order valence-electron chi connectivity index (χ2n) is 6.19. The zero-order valence-electron chi connectivity index (χ0n) is 15.2. The zero-order valence-corrected chi connectivity index (χ0v) is 15.2. The molecule has 0 bridgehead atoms. The number of carbonyl (C=O) groups is 1. The summed E-state index contributed by atoms with van der Waals surface area (Å²) in [5, 5.41) is 2.94. The van der Waals surface area contributed by atoms with Crippen LogP contribution < -0.4 is 5.32 Å². The number of hydrogen-bond donors (Lipinski definition) is 1. The minimum absolute atomic E-state index is 0. The molecule has 0 saturated carbocycles. The number of likely N-dealkylation sites (N-methyl/N-ethyl adjacent to an activating group) is 2. The zero-order chi connectivity index (χ0) is 17.0. The van der Waals surface area contributed by atoms with E-state index in [1.165, 1.54) is 0 Å². The Kier molecular flexibility index (Phi) is 12.4. The number of carbonyl (C=O) groups excluding carboxylic acids is 1. The third-order valence-corrected chi connectivity index (χ3v) is 3.39. The SMILES string of the molecule is CC(C)OCCOCCN(C)CCNC(=O)CN(C)C(C)C.[HH]. The summed E-state index contributed by atoms with van der Waals surface area (Å²) in [5.41, 5.74) is 0. The molecule has 0 radical (unpaired) electrons. The van der Waals surface area contributed by atoms with E-state index in [0.29, 0.717) is 39.0 Å². The van der Waals surface area contributed by atoms with Crippen molar-refractivity contribution >= 4 is 5.91 Å². The summed E-state index contributed by atoms with van der Waals surface area (Å²) in [4.78, 5) is 15.9. The van der Waals surface area contributed by atoms with Crippen LogP contribution in [0.5, 0.6) is 0 Å². The molecule has 134 valence electrons. The van der Waals surface area contributed by atoms with E-state index in [2.05, 4.69) is 24.1 Å². The molecule has 0 saturated heterocycles. The number of amides is 1. The van der Waals surface area contributed by atoms with Crippen molar-refractivity contribution in [3.63, 3.8) is 0 Å². The maximum atomic E-state index is 11.7. The first kappa shape index (κ1) is 21.3. The molecule has 6 nitrogen and oxygen atoms in total. The number of rotatable bonds is 13. The molecule has 0 atom stereocenters. The van der Waals surface area contributed by atoms with Crippen molar-refractivity contribution in [2.45, 2.75) is 39.8 Å². The van der Waals surface area contributed by atoms with E-state index in [1.807, 2.05) is 32.8 Å². The van der Waals surface area contributed by atoms with Crippen molar-refractivity contribution in [1.82, 2.24) is 15.1 Å². The molecule has 0 heterocycles.